The molecule has 1 saturated carbocycles. The molecule has 3 rings (SSSR count). The van der Waals surface area contributed by atoms with Crippen molar-refractivity contribution in [1.29, 1.82) is 0 Å². The number of benzene rings is 1. The highest BCUT2D eigenvalue weighted by Crippen LogP contribution is 2.56. The fourth-order valence-corrected chi connectivity index (χ4v) is 5.99. The zero-order valence-electron chi connectivity index (χ0n) is 11.3. The van der Waals surface area contributed by atoms with E-state index >= 15 is 0 Å². The summed E-state index contributed by atoms with van der Waals surface area (Å²) >= 11 is 0. The molecule has 0 radical (unpaired) electrons. The second-order valence-corrected chi connectivity index (χ2v) is 7.76. The summed E-state index contributed by atoms with van der Waals surface area (Å²) in [7, 11) is -3.46. The first-order chi connectivity index (χ1) is 9.54. The largest absolute Gasteiger partial charge is 0.223 e. The molecule has 104 valence electrons. The van der Waals surface area contributed by atoms with Gasteiger partial charge >= 0.3 is 0 Å². The normalized spacial score (nSPS) is 31.7. The number of fused-ring (bicyclic) bond motifs is 2. The summed E-state index contributed by atoms with van der Waals surface area (Å²) in [6.45, 7) is 7.89. The van der Waals surface area contributed by atoms with Gasteiger partial charge in [0.2, 0.25) is 0 Å². The topological polar surface area (TPSA) is 34.1 Å². The fraction of sp³-hybridized carbons (Fsp3) is 0.294. The van der Waals surface area contributed by atoms with Crippen molar-refractivity contribution in [2.75, 3.05) is 0 Å². The fourth-order valence-electron chi connectivity index (χ4n) is 3.64. The van der Waals surface area contributed by atoms with Crippen LogP contribution in [0.2, 0.25) is 0 Å². The van der Waals surface area contributed by atoms with Crippen LogP contribution in [0.4, 0.5) is 0 Å². The molecule has 0 heterocycles. The van der Waals surface area contributed by atoms with E-state index in [4.69, 9.17) is 0 Å². The molecule has 0 aromatic heterocycles. The molecule has 2 aliphatic rings. The smallest absolute Gasteiger partial charge is 0.188 e. The van der Waals surface area contributed by atoms with Gasteiger partial charge in [-0.3, -0.25) is 0 Å². The van der Waals surface area contributed by atoms with Crippen LogP contribution in [0.3, 0.4) is 0 Å². The van der Waals surface area contributed by atoms with Crippen molar-refractivity contribution in [1.82, 2.24) is 0 Å². The van der Waals surface area contributed by atoms with Gasteiger partial charge in [0.1, 0.15) is 4.75 Å². The standard InChI is InChI=1S/C17H18O2S/c1-3-11-17(13(2)14-9-10-15(17)12-14)20(18,19)16-7-5-4-6-8-16/h3-10,14-15H,1-2,11-12H2. The molecule has 2 nitrogen and oxygen atoms in total. The van der Waals surface area contributed by atoms with Crippen molar-refractivity contribution in [3.8, 4) is 0 Å². The molecule has 1 fully saturated rings. The first-order valence-corrected chi connectivity index (χ1v) is 8.30. The maximum absolute atomic E-state index is 13.2. The van der Waals surface area contributed by atoms with Crippen molar-refractivity contribution in [3.05, 3.63) is 67.3 Å². The monoisotopic (exact) mass is 286 g/mol. The van der Waals surface area contributed by atoms with Crippen molar-refractivity contribution in [2.45, 2.75) is 22.5 Å². The Hall–Kier alpha value is -1.61. The van der Waals surface area contributed by atoms with Gasteiger partial charge < -0.3 is 0 Å². The van der Waals surface area contributed by atoms with Crippen LogP contribution in [0.15, 0.2) is 72.2 Å². The maximum atomic E-state index is 13.2. The van der Waals surface area contributed by atoms with Crippen LogP contribution in [-0.4, -0.2) is 13.2 Å². The molecule has 0 saturated heterocycles. The van der Waals surface area contributed by atoms with Crippen LogP contribution in [0.5, 0.6) is 0 Å². The zero-order valence-corrected chi connectivity index (χ0v) is 12.1. The number of rotatable bonds is 4. The lowest BCUT2D eigenvalue weighted by atomic mass is 9.86. The molecular formula is C17H18O2S. The molecule has 0 N–H and O–H groups in total. The number of allylic oxidation sites excluding steroid dienone is 3. The van der Waals surface area contributed by atoms with Gasteiger partial charge in [0.25, 0.3) is 0 Å². The van der Waals surface area contributed by atoms with E-state index in [0.29, 0.717) is 11.3 Å². The molecule has 2 aliphatic carbocycles. The molecule has 3 unspecified atom stereocenters. The van der Waals surface area contributed by atoms with Crippen molar-refractivity contribution in [3.63, 3.8) is 0 Å². The summed E-state index contributed by atoms with van der Waals surface area (Å²) < 4.78 is 25.5. The quantitative estimate of drug-likeness (QED) is 0.793. The Balaban J connectivity index is 2.20. The summed E-state index contributed by atoms with van der Waals surface area (Å²) in [6.07, 6.45) is 7.13. The molecule has 0 amide bonds. The predicted octanol–water partition coefficient (Wildman–Crippen LogP) is 3.54. The van der Waals surface area contributed by atoms with Crippen LogP contribution < -0.4 is 0 Å². The Kier molecular flexibility index (Phi) is 2.98. The Morgan fingerprint density at radius 2 is 1.95 bits per heavy atom. The molecule has 1 aromatic rings. The molecule has 20 heavy (non-hydrogen) atoms. The van der Waals surface area contributed by atoms with Crippen LogP contribution in [0.1, 0.15) is 12.8 Å². The van der Waals surface area contributed by atoms with Gasteiger partial charge in [-0.1, -0.05) is 43.0 Å². The van der Waals surface area contributed by atoms with E-state index in [2.05, 4.69) is 19.2 Å². The third kappa shape index (κ3) is 1.53. The van der Waals surface area contributed by atoms with Crippen LogP contribution >= 0.6 is 0 Å². The molecule has 1 aromatic carbocycles. The highest BCUT2D eigenvalue weighted by Gasteiger charge is 2.58. The third-order valence-corrected chi connectivity index (χ3v) is 7.24. The number of hydrogen-bond acceptors (Lipinski definition) is 2. The maximum Gasteiger partial charge on any atom is 0.188 e. The summed E-state index contributed by atoms with van der Waals surface area (Å²) in [4.78, 5) is 0.379. The van der Waals surface area contributed by atoms with Gasteiger partial charge in [-0.05, 0) is 36.5 Å². The minimum atomic E-state index is -3.46. The molecular weight excluding hydrogens is 268 g/mol. The summed E-state index contributed by atoms with van der Waals surface area (Å²) in [6, 6.07) is 8.70. The van der Waals surface area contributed by atoms with Gasteiger partial charge in [0, 0.05) is 5.92 Å². The third-order valence-electron chi connectivity index (χ3n) is 4.65. The van der Waals surface area contributed by atoms with Crippen LogP contribution in [-0.2, 0) is 9.84 Å². The highest BCUT2D eigenvalue weighted by atomic mass is 32.2. The second kappa shape index (κ2) is 4.45. The van der Waals surface area contributed by atoms with Crippen LogP contribution in [0.25, 0.3) is 0 Å². The van der Waals surface area contributed by atoms with E-state index in [-0.39, 0.29) is 11.8 Å². The minimum Gasteiger partial charge on any atom is -0.223 e. The average molecular weight is 286 g/mol. The van der Waals surface area contributed by atoms with E-state index < -0.39 is 14.6 Å². The number of hydrogen-bond donors (Lipinski definition) is 0. The summed E-state index contributed by atoms with van der Waals surface area (Å²) in [5.41, 5.74) is 0.828. The lowest BCUT2D eigenvalue weighted by molar-refractivity contribution is 0.495. The van der Waals surface area contributed by atoms with E-state index in [1.807, 2.05) is 12.1 Å². The molecule has 0 aliphatic heterocycles. The van der Waals surface area contributed by atoms with Crippen molar-refractivity contribution < 1.29 is 8.42 Å². The highest BCUT2D eigenvalue weighted by molar-refractivity contribution is 7.93. The van der Waals surface area contributed by atoms with Gasteiger partial charge in [0.05, 0.1) is 4.90 Å². The van der Waals surface area contributed by atoms with E-state index in [0.717, 1.165) is 12.0 Å². The van der Waals surface area contributed by atoms with Crippen LogP contribution in [0, 0.1) is 11.8 Å². The number of sulfone groups is 1. The van der Waals surface area contributed by atoms with Crippen molar-refractivity contribution in [2.24, 2.45) is 11.8 Å². The molecule has 0 spiro atoms. The average Bonchev–Trinajstić information content (AvgIpc) is 3.03. The summed E-state index contributed by atoms with van der Waals surface area (Å²) in [5.74, 6) is 0.210. The predicted molar refractivity (Wildman–Crippen MR) is 81.0 cm³/mol. The Bertz CT molecular complexity index is 685. The first kappa shape index (κ1) is 13.4. The van der Waals surface area contributed by atoms with E-state index in [1.54, 1.807) is 30.3 Å². The lowest BCUT2D eigenvalue weighted by Gasteiger charge is -2.36. The van der Waals surface area contributed by atoms with Gasteiger partial charge in [-0.2, -0.15) is 0 Å². The van der Waals surface area contributed by atoms with E-state index in [9.17, 15) is 8.42 Å². The molecule has 2 bridgehead atoms. The zero-order chi connectivity index (χ0) is 14.4. The van der Waals surface area contributed by atoms with Gasteiger partial charge in [-0.15, -0.1) is 6.58 Å². The first-order valence-electron chi connectivity index (χ1n) is 6.82. The minimum absolute atomic E-state index is 0.0169. The molecule has 3 heteroatoms. The Labute approximate surface area is 120 Å². The Morgan fingerprint density at radius 1 is 1.25 bits per heavy atom. The van der Waals surface area contributed by atoms with Gasteiger partial charge in [-0.25, -0.2) is 8.42 Å². The second-order valence-electron chi connectivity index (χ2n) is 5.56. The van der Waals surface area contributed by atoms with E-state index in [1.165, 1.54) is 0 Å². The van der Waals surface area contributed by atoms with Crippen molar-refractivity contribution >= 4 is 9.84 Å². The lowest BCUT2D eigenvalue weighted by Crippen LogP contribution is -2.43. The molecule has 3 atom stereocenters. The SMILES string of the molecule is C=CCC1(S(=O)(=O)c2ccccc2)C(=C)C2C=CC1C2. The summed E-state index contributed by atoms with van der Waals surface area (Å²) in [5, 5.41) is 0. The van der Waals surface area contributed by atoms with Gasteiger partial charge in [0.15, 0.2) is 9.84 Å². The Morgan fingerprint density at radius 3 is 2.50 bits per heavy atom.